The lowest BCUT2D eigenvalue weighted by Crippen LogP contribution is -2.43. The second-order valence-electron chi connectivity index (χ2n) is 6.52. The molecule has 3 unspecified atom stereocenters. The van der Waals surface area contributed by atoms with E-state index in [2.05, 4.69) is 38.3 Å². The summed E-state index contributed by atoms with van der Waals surface area (Å²) in [6.07, 6.45) is 0.229. The average Bonchev–Trinajstić information content (AvgIpc) is 2.81. The van der Waals surface area contributed by atoms with E-state index in [1.165, 1.54) is 0 Å². The van der Waals surface area contributed by atoms with Crippen molar-refractivity contribution in [1.82, 2.24) is 10.6 Å². The van der Waals surface area contributed by atoms with Crippen LogP contribution in [-0.4, -0.2) is 42.4 Å². The Bertz CT molecular complexity index is 352. The van der Waals surface area contributed by atoms with Crippen LogP contribution in [0.1, 0.15) is 40.5 Å². The van der Waals surface area contributed by atoms with Gasteiger partial charge in [0.25, 0.3) is 0 Å². The number of rotatable bonds is 5. The van der Waals surface area contributed by atoms with E-state index in [-0.39, 0.29) is 17.6 Å². The van der Waals surface area contributed by atoms with Crippen molar-refractivity contribution in [2.24, 2.45) is 11.3 Å². The molecule has 1 saturated heterocycles. The van der Waals surface area contributed by atoms with Gasteiger partial charge < -0.3 is 20.5 Å². The van der Waals surface area contributed by atoms with Gasteiger partial charge in [-0.05, 0) is 24.2 Å². The number of urea groups is 1. The molecular weight excluding hydrogens is 260 g/mol. The number of carboxylic acids is 1. The zero-order valence-electron chi connectivity index (χ0n) is 12.7. The maximum Gasteiger partial charge on any atom is 0.332 e. The van der Waals surface area contributed by atoms with Crippen molar-refractivity contribution >= 4 is 12.0 Å². The topological polar surface area (TPSA) is 87.7 Å². The molecule has 2 amide bonds. The molecular formula is C14H26N2O4. The highest BCUT2D eigenvalue weighted by Crippen LogP contribution is 2.24. The number of amides is 2. The Balaban J connectivity index is 2.20. The molecule has 3 N–H and O–H groups in total. The minimum absolute atomic E-state index is 0.149. The monoisotopic (exact) mass is 286 g/mol. The van der Waals surface area contributed by atoms with Gasteiger partial charge in [0.05, 0.1) is 6.10 Å². The van der Waals surface area contributed by atoms with E-state index in [4.69, 9.17) is 9.84 Å². The number of ether oxygens (including phenoxy) is 1. The second kappa shape index (κ2) is 6.92. The van der Waals surface area contributed by atoms with Crippen molar-refractivity contribution in [2.75, 3.05) is 13.1 Å². The normalized spacial score (nSPS) is 24.2. The molecule has 0 spiro atoms. The lowest BCUT2D eigenvalue weighted by Gasteiger charge is -2.27. The first-order valence-electron chi connectivity index (χ1n) is 7.10. The Kier molecular flexibility index (Phi) is 5.80. The molecule has 0 aromatic rings. The summed E-state index contributed by atoms with van der Waals surface area (Å²) in [5.74, 6) is -0.566. The van der Waals surface area contributed by atoms with E-state index in [0.717, 1.165) is 0 Å². The number of carboxylic acid groups (broad SMARTS) is 1. The van der Waals surface area contributed by atoms with E-state index in [9.17, 15) is 9.59 Å². The molecule has 0 aromatic carbocycles. The van der Waals surface area contributed by atoms with Gasteiger partial charge in [-0.3, -0.25) is 0 Å². The summed E-state index contributed by atoms with van der Waals surface area (Å²) in [5.41, 5.74) is 0.149. The maximum atomic E-state index is 11.7. The second-order valence-corrected chi connectivity index (χ2v) is 6.52. The highest BCUT2D eigenvalue weighted by molar-refractivity contribution is 5.74. The van der Waals surface area contributed by atoms with Gasteiger partial charge in [0, 0.05) is 13.1 Å². The summed E-state index contributed by atoms with van der Waals surface area (Å²) >= 11 is 0. The summed E-state index contributed by atoms with van der Waals surface area (Å²) in [4.78, 5) is 22.4. The number of hydrogen-bond donors (Lipinski definition) is 3. The molecule has 0 aliphatic carbocycles. The highest BCUT2D eigenvalue weighted by Gasteiger charge is 2.30. The number of carbonyl (C=O) groups is 2. The first-order valence-corrected chi connectivity index (χ1v) is 7.10. The van der Waals surface area contributed by atoms with E-state index >= 15 is 0 Å². The standard InChI is InChI=1S/C14H26N2O4/c1-9(14(2,3)4)7-15-13(19)16-8-10-5-6-11(20-10)12(17)18/h9-11H,5-8H2,1-4H3,(H,17,18)(H2,15,16,19). The SMILES string of the molecule is CC(CNC(=O)NCC1CCC(C(=O)O)O1)C(C)(C)C. The lowest BCUT2D eigenvalue weighted by molar-refractivity contribution is -0.149. The van der Waals surface area contributed by atoms with E-state index in [0.29, 0.717) is 31.8 Å². The molecule has 1 aliphatic heterocycles. The van der Waals surface area contributed by atoms with Crippen LogP contribution in [0.2, 0.25) is 0 Å². The van der Waals surface area contributed by atoms with Gasteiger partial charge in [-0.2, -0.15) is 0 Å². The molecule has 6 nitrogen and oxygen atoms in total. The third-order valence-corrected chi connectivity index (χ3v) is 3.92. The largest absolute Gasteiger partial charge is 0.479 e. The third kappa shape index (κ3) is 5.36. The Hall–Kier alpha value is -1.30. The van der Waals surface area contributed by atoms with Gasteiger partial charge in [0.1, 0.15) is 0 Å². The van der Waals surface area contributed by atoms with Crippen LogP contribution < -0.4 is 10.6 Å². The minimum Gasteiger partial charge on any atom is -0.479 e. The van der Waals surface area contributed by atoms with Gasteiger partial charge in [-0.15, -0.1) is 0 Å². The van der Waals surface area contributed by atoms with Gasteiger partial charge in [-0.1, -0.05) is 27.7 Å². The van der Waals surface area contributed by atoms with Gasteiger partial charge in [0.2, 0.25) is 0 Å². The number of aliphatic carboxylic acids is 1. The minimum atomic E-state index is -0.934. The van der Waals surface area contributed by atoms with Crippen LogP contribution in [0.5, 0.6) is 0 Å². The first-order chi connectivity index (χ1) is 9.20. The van der Waals surface area contributed by atoms with Gasteiger partial charge in [-0.25, -0.2) is 9.59 Å². The Morgan fingerprint density at radius 3 is 2.45 bits per heavy atom. The molecule has 1 rings (SSSR count). The summed E-state index contributed by atoms with van der Waals surface area (Å²) in [5, 5.41) is 14.4. The van der Waals surface area contributed by atoms with Crippen LogP contribution in [0.25, 0.3) is 0 Å². The zero-order valence-corrected chi connectivity index (χ0v) is 12.7. The summed E-state index contributed by atoms with van der Waals surface area (Å²) in [6, 6.07) is -0.233. The molecule has 3 atom stereocenters. The molecule has 1 fully saturated rings. The maximum absolute atomic E-state index is 11.7. The van der Waals surface area contributed by atoms with Gasteiger partial charge >= 0.3 is 12.0 Å². The fraction of sp³-hybridized carbons (Fsp3) is 0.857. The zero-order chi connectivity index (χ0) is 15.3. The highest BCUT2D eigenvalue weighted by atomic mass is 16.5. The molecule has 1 heterocycles. The van der Waals surface area contributed by atoms with E-state index in [1.807, 2.05) is 0 Å². The summed E-state index contributed by atoms with van der Waals surface area (Å²) in [6.45, 7) is 9.46. The summed E-state index contributed by atoms with van der Waals surface area (Å²) < 4.78 is 5.31. The molecule has 0 aromatic heterocycles. The van der Waals surface area contributed by atoms with Crippen LogP contribution in [-0.2, 0) is 9.53 Å². The van der Waals surface area contributed by atoms with Crippen molar-refractivity contribution < 1.29 is 19.4 Å². The lowest BCUT2D eigenvalue weighted by atomic mass is 9.82. The molecule has 1 aliphatic rings. The van der Waals surface area contributed by atoms with E-state index < -0.39 is 12.1 Å². The molecule has 6 heteroatoms. The predicted octanol–water partition coefficient (Wildman–Crippen LogP) is 1.60. The quantitative estimate of drug-likeness (QED) is 0.716. The first kappa shape index (κ1) is 16.8. The van der Waals surface area contributed by atoms with Crippen molar-refractivity contribution in [2.45, 2.75) is 52.7 Å². The van der Waals surface area contributed by atoms with Crippen LogP contribution in [0, 0.1) is 11.3 Å². The smallest absolute Gasteiger partial charge is 0.332 e. The molecule has 0 bridgehead atoms. The molecule has 20 heavy (non-hydrogen) atoms. The molecule has 0 radical (unpaired) electrons. The van der Waals surface area contributed by atoms with Crippen molar-refractivity contribution in [3.8, 4) is 0 Å². The molecule has 116 valence electrons. The van der Waals surface area contributed by atoms with Crippen molar-refractivity contribution in [3.05, 3.63) is 0 Å². The number of nitrogens with one attached hydrogen (secondary N) is 2. The average molecular weight is 286 g/mol. The van der Waals surface area contributed by atoms with Crippen LogP contribution >= 0.6 is 0 Å². The van der Waals surface area contributed by atoms with Crippen LogP contribution in [0.4, 0.5) is 4.79 Å². The Morgan fingerprint density at radius 2 is 1.95 bits per heavy atom. The molecule has 0 saturated carbocycles. The Labute approximate surface area is 120 Å². The van der Waals surface area contributed by atoms with Crippen LogP contribution in [0.15, 0.2) is 0 Å². The fourth-order valence-corrected chi connectivity index (χ4v) is 1.86. The van der Waals surface area contributed by atoms with Crippen molar-refractivity contribution in [1.29, 1.82) is 0 Å². The van der Waals surface area contributed by atoms with Crippen LogP contribution in [0.3, 0.4) is 0 Å². The summed E-state index contributed by atoms with van der Waals surface area (Å²) in [7, 11) is 0. The Morgan fingerprint density at radius 1 is 1.30 bits per heavy atom. The van der Waals surface area contributed by atoms with E-state index in [1.54, 1.807) is 0 Å². The predicted molar refractivity (Wildman–Crippen MR) is 75.6 cm³/mol. The van der Waals surface area contributed by atoms with Crippen molar-refractivity contribution in [3.63, 3.8) is 0 Å². The van der Waals surface area contributed by atoms with Gasteiger partial charge in [0.15, 0.2) is 6.10 Å². The third-order valence-electron chi connectivity index (χ3n) is 3.92. The fourth-order valence-electron chi connectivity index (χ4n) is 1.86. The number of carbonyl (C=O) groups excluding carboxylic acids is 1. The number of hydrogen-bond acceptors (Lipinski definition) is 3.